The van der Waals surface area contributed by atoms with E-state index < -0.39 is 41.6 Å². The van der Waals surface area contributed by atoms with Gasteiger partial charge in [0.05, 0.1) is 17.4 Å². The van der Waals surface area contributed by atoms with Gasteiger partial charge in [-0.1, -0.05) is 32.1 Å². The number of alkyl halides is 3. The first-order valence-electron chi connectivity index (χ1n) is 11.3. The van der Waals surface area contributed by atoms with E-state index in [0.29, 0.717) is 12.8 Å². The number of fused-ring (bicyclic) bond motifs is 1. The van der Waals surface area contributed by atoms with Crippen LogP contribution in [0.4, 0.5) is 13.2 Å². The van der Waals surface area contributed by atoms with E-state index in [-0.39, 0.29) is 43.1 Å². The summed E-state index contributed by atoms with van der Waals surface area (Å²) in [4.78, 5) is 39.8. The molecule has 7 nitrogen and oxygen atoms in total. The van der Waals surface area contributed by atoms with E-state index in [2.05, 4.69) is 5.32 Å². The lowest BCUT2D eigenvalue weighted by Gasteiger charge is -2.27. The van der Waals surface area contributed by atoms with Gasteiger partial charge >= 0.3 is 6.18 Å². The number of allylic oxidation sites excluding steroid dienone is 2. The molecule has 34 heavy (non-hydrogen) atoms. The van der Waals surface area contributed by atoms with E-state index in [4.69, 9.17) is 4.74 Å². The summed E-state index contributed by atoms with van der Waals surface area (Å²) in [6.07, 6.45) is -0.791. The lowest BCUT2D eigenvalue weighted by molar-refractivity contribution is -0.148. The third-order valence-electron chi connectivity index (χ3n) is 5.97. The highest BCUT2D eigenvalue weighted by Gasteiger charge is 2.51. The minimum absolute atomic E-state index is 0.0197. The summed E-state index contributed by atoms with van der Waals surface area (Å²) in [5.74, 6) is -2.23. The van der Waals surface area contributed by atoms with Gasteiger partial charge in [-0.2, -0.15) is 13.2 Å². The molecule has 4 atom stereocenters. The van der Waals surface area contributed by atoms with Crippen molar-refractivity contribution in [3.8, 4) is 5.75 Å². The molecule has 3 amide bonds. The molecule has 1 heterocycles. The summed E-state index contributed by atoms with van der Waals surface area (Å²) >= 11 is 0. The maximum Gasteiger partial charge on any atom is 0.416 e. The Morgan fingerprint density at radius 3 is 2.35 bits per heavy atom. The van der Waals surface area contributed by atoms with E-state index >= 15 is 0 Å². The van der Waals surface area contributed by atoms with Gasteiger partial charge in [0.15, 0.2) is 0 Å². The molecule has 0 spiro atoms. The molecule has 3 rings (SSSR count). The first kappa shape index (κ1) is 25.7. The molecule has 1 aromatic carbocycles. The Hall–Kier alpha value is -2.88. The first-order chi connectivity index (χ1) is 16.0. The molecule has 1 aromatic rings. The van der Waals surface area contributed by atoms with Gasteiger partial charge in [-0.05, 0) is 43.4 Å². The summed E-state index contributed by atoms with van der Waals surface area (Å²) in [6, 6.07) is 3.26. The SMILES string of the molecule is CC(C)CC(C(=O)NCC(O)COc1cccc(C(F)(F)F)c1)N1C(=O)C2CC=CCC2C1=O. The minimum Gasteiger partial charge on any atom is -0.491 e. The van der Waals surface area contributed by atoms with Gasteiger partial charge < -0.3 is 15.2 Å². The highest BCUT2D eigenvalue weighted by Crippen LogP contribution is 2.37. The van der Waals surface area contributed by atoms with Crippen molar-refractivity contribution in [2.75, 3.05) is 13.2 Å². The molecule has 4 unspecified atom stereocenters. The number of benzene rings is 1. The number of carbonyl (C=O) groups excluding carboxylic acids is 3. The molecular formula is C24H29F3N2O5. The van der Waals surface area contributed by atoms with E-state index in [0.717, 1.165) is 17.0 Å². The second kappa shape index (κ2) is 10.6. The van der Waals surface area contributed by atoms with Crippen LogP contribution in [0, 0.1) is 17.8 Å². The van der Waals surface area contributed by atoms with Crippen LogP contribution in [0.3, 0.4) is 0 Å². The molecule has 1 aliphatic carbocycles. The molecule has 186 valence electrons. The number of amides is 3. The second-order valence-electron chi connectivity index (χ2n) is 9.08. The predicted molar refractivity (Wildman–Crippen MR) is 116 cm³/mol. The zero-order chi connectivity index (χ0) is 25.0. The highest BCUT2D eigenvalue weighted by molar-refractivity contribution is 6.08. The fourth-order valence-corrected chi connectivity index (χ4v) is 4.26. The van der Waals surface area contributed by atoms with Crippen LogP contribution in [0.25, 0.3) is 0 Å². The molecule has 2 N–H and O–H groups in total. The van der Waals surface area contributed by atoms with Crippen molar-refractivity contribution < 1.29 is 37.4 Å². The number of aliphatic hydroxyl groups is 1. The van der Waals surface area contributed by atoms with Crippen LogP contribution in [-0.2, 0) is 20.6 Å². The van der Waals surface area contributed by atoms with Crippen LogP contribution in [0.15, 0.2) is 36.4 Å². The predicted octanol–water partition coefficient (Wildman–Crippen LogP) is 2.93. The molecular weight excluding hydrogens is 453 g/mol. The maximum atomic E-state index is 12.9. The van der Waals surface area contributed by atoms with E-state index in [9.17, 15) is 32.7 Å². The van der Waals surface area contributed by atoms with Crippen molar-refractivity contribution in [2.24, 2.45) is 17.8 Å². The van der Waals surface area contributed by atoms with Crippen molar-refractivity contribution in [3.63, 3.8) is 0 Å². The normalized spacial score (nSPS) is 22.0. The lowest BCUT2D eigenvalue weighted by Crippen LogP contribution is -2.52. The Bertz CT molecular complexity index is 921. The summed E-state index contributed by atoms with van der Waals surface area (Å²) in [6.45, 7) is 3.14. The zero-order valence-electron chi connectivity index (χ0n) is 19.0. The number of likely N-dealkylation sites (tertiary alicyclic amines) is 1. The molecule has 0 saturated carbocycles. The molecule has 1 fully saturated rings. The number of nitrogens with one attached hydrogen (secondary N) is 1. The molecule has 10 heteroatoms. The second-order valence-corrected chi connectivity index (χ2v) is 9.08. The average molecular weight is 482 g/mol. The average Bonchev–Trinajstić information content (AvgIpc) is 3.04. The number of ether oxygens (including phenoxy) is 1. The van der Waals surface area contributed by atoms with Gasteiger partial charge in [0.1, 0.15) is 24.5 Å². The van der Waals surface area contributed by atoms with Gasteiger partial charge in [-0.25, -0.2) is 0 Å². The number of aliphatic hydroxyl groups excluding tert-OH is 1. The smallest absolute Gasteiger partial charge is 0.416 e. The number of hydrogen-bond acceptors (Lipinski definition) is 5. The molecule has 1 saturated heterocycles. The van der Waals surface area contributed by atoms with Crippen LogP contribution in [0.2, 0.25) is 0 Å². The Balaban J connectivity index is 1.59. The number of rotatable bonds is 9. The van der Waals surface area contributed by atoms with Gasteiger partial charge in [-0.3, -0.25) is 19.3 Å². The molecule has 0 aromatic heterocycles. The van der Waals surface area contributed by atoms with Crippen LogP contribution in [0.1, 0.15) is 38.7 Å². The fourth-order valence-electron chi connectivity index (χ4n) is 4.26. The standard InChI is InChI=1S/C24H29F3N2O5/c1-14(2)10-20(29-22(32)18-8-3-4-9-19(18)23(29)33)21(31)28-12-16(30)13-34-17-7-5-6-15(11-17)24(25,26)27/h3-7,11,14,16,18-20,30H,8-10,12-13H2,1-2H3,(H,28,31). The molecule has 1 aliphatic heterocycles. The minimum atomic E-state index is -4.52. The maximum absolute atomic E-state index is 12.9. The largest absolute Gasteiger partial charge is 0.491 e. The van der Waals surface area contributed by atoms with Crippen molar-refractivity contribution in [3.05, 3.63) is 42.0 Å². The zero-order valence-corrected chi connectivity index (χ0v) is 19.0. The third-order valence-corrected chi connectivity index (χ3v) is 5.97. The Kier molecular flexibility index (Phi) is 8.01. The monoisotopic (exact) mass is 482 g/mol. The van der Waals surface area contributed by atoms with Crippen LogP contribution >= 0.6 is 0 Å². The van der Waals surface area contributed by atoms with Gasteiger partial charge in [-0.15, -0.1) is 0 Å². The fraction of sp³-hybridized carbons (Fsp3) is 0.542. The quantitative estimate of drug-likeness (QED) is 0.417. The van der Waals surface area contributed by atoms with E-state index in [1.165, 1.54) is 12.1 Å². The van der Waals surface area contributed by atoms with E-state index in [1.54, 1.807) is 0 Å². The number of carbonyl (C=O) groups is 3. The van der Waals surface area contributed by atoms with Crippen LogP contribution in [-0.4, -0.2) is 53.0 Å². The van der Waals surface area contributed by atoms with E-state index in [1.807, 2.05) is 26.0 Å². The van der Waals surface area contributed by atoms with Gasteiger partial charge in [0, 0.05) is 6.54 Å². The number of imide groups is 1. The summed E-state index contributed by atoms with van der Waals surface area (Å²) < 4.78 is 43.7. The van der Waals surface area contributed by atoms with Crippen molar-refractivity contribution in [1.82, 2.24) is 10.2 Å². The summed E-state index contributed by atoms with van der Waals surface area (Å²) in [5, 5.41) is 12.7. The summed E-state index contributed by atoms with van der Waals surface area (Å²) in [7, 11) is 0. The van der Waals surface area contributed by atoms with Gasteiger partial charge in [0.25, 0.3) is 0 Å². The molecule has 0 bridgehead atoms. The number of halogens is 3. The molecule has 0 radical (unpaired) electrons. The molecule has 2 aliphatic rings. The Morgan fingerprint density at radius 1 is 1.18 bits per heavy atom. The Labute approximate surface area is 195 Å². The topological polar surface area (TPSA) is 95.9 Å². The lowest BCUT2D eigenvalue weighted by atomic mass is 9.85. The third kappa shape index (κ3) is 5.97. The van der Waals surface area contributed by atoms with Crippen molar-refractivity contribution in [1.29, 1.82) is 0 Å². The van der Waals surface area contributed by atoms with Crippen LogP contribution < -0.4 is 10.1 Å². The van der Waals surface area contributed by atoms with Crippen molar-refractivity contribution in [2.45, 2.75) is 51.4 Å². The number of hydrogen-bond donors (Lipinski definition) is 2. The number of nitrogens with zero attached hydrogens (tertiary/aromatic N) is 1. The van der Waals surface area contributed by atoms with Gasteiger partial charge in [0.2, 0.25) is 17.7 Å². The Morgan fingerprint density at radius 2 is 1.79 bits per heavy atom. The summed E-state index contributed by atoms with van der Waals surface area (Å²) in [5.41, 5.74) is -0.875. The first-order valence-corrected chi connectivity index (χ1v) is 11.3. The highest BCUT2D eigenvalue weighted by atomic mass is 19.4. The van der Waals surface area contributed by atoms with Crippen LogP contribution in [0.5, 0.6) is 5.75 Å². The van der Waals surface area contributed by atoms with Crippen molar-refractivity contribution >= 4 is 17.7 Å².